The molecule has 0 aliphatic carbocycles. The van der Waals surface area contributed by atoms with Gasteiger partial charge in [-0.1, -0.05) is 136 Å². The Morgan fingerprint density at radius 2 is 1.46 bits per heavy atom. The van der Waals surface area contributed by atoms with Gasteiger partial charge in [0.05, 0.1) is 19.5 Å². The molecule has 1 fully saturated rings. The van der Waals surface area contributed by atoms with Gasteiger partial charge in [0.25, 0.3) is 0 Å². The molecule has 1 saturated heterocycles. The summed E-state index contributed by atoms with van der Waals surface area (Å²) in [5.41, 5.74) is 4.29. The summed E-state index contributed by atoms with van der Waals surface area (Å²) in [5, 5.41) is 26.7. The Morgan fingerprint density at radius 3 is 2.09 bits per heavy atom. The van der Waals surface area contributed by atoms with E-state index in [1.807, 2.05) is 0 Å². The van der Waals surface area contributed by atoms with Crippen LogP contribution in [0.3, 0.4) is 0 Å². The molecule has 2 aromatic rings. The average molecular weight is 1080 g/mol. The van der Waals surface area contributed by atoms with Crippen molar-refractivity contribution in [2.45, 2.75) is 174 Å². The van der Waals surface area contributed by atoms with Gasteiger partial charge < -0.3 is 50.9 Å². The van der Waals surface area contributed by atoms with Crippen LogP contribution >= 0.6 is 35.2 Å². The molecule has 10 N–H and O–H groups in total. The van der Waals surface area contributed by atoms with E-state index in [-0.39, 0.29) is 41.6 Å². The van der Waals surface area contributed by atoms with Crippen molar-refractivity contribution in [2.75, 3.05) is 37.8 Å². The number of hydrogen-bond acceptors (Lipinski definition) is 18. The lowest BCUT2D eigenvalue weighted by Gasteiger charge is -2.30. The number of anilines is 1. The number of imidazole rings is 1. The number of nitrogens with zero attached hydrogens (tertiary/aromatic N) is 4. The number of fused-ring (bicyclic) bond motifs is 1. The van der Waals surface area contributed by atoms with Crippen LogP contribution in [-0.4, -0.2) is 123 Å². The molecule has 1 aliphatic heterocycles. The van der Waals surface area contributed by atoms with E-state index in [0.29, 0.717) is 18.1 Å². The normalized spacial score (nSPS) is 20.2. The highest BCUT2D eigenvalue weighted by Gasteiger charge is 2.50. The number of ether oxygens (including phenoxy) is 1. The van der Waals surface area contributed by atoms with Crippen LogP contribution in [0.15, 0.2) is 12.7 Å². The number of phosphoric acid groups is 3. The molecule has 0 aromatic carbocycles. The molecular weight excluding hydrogens is 999 g/mol. The van der Waals surface area contributed by atoms with Gasteiger partial charge >= 0.3 is 23.5 Å². The predicted octanol–water partition coefficient (Wildman–Crippen LogP) is 5.95. The molecule has 28 heteroatoms. The van der Waals surface area contributed by atoms with E-state index >= 15 is 0 Å². The number of nitrogen functional groups attached to an aromatic ring is 1. The second kappa shape index (κ2) is 30.7. The quantitative estimate of drug-likeness (QED) is 0.0279. The summed E-state index contributed by atoms with van der Waals surface area (Å²) in [4.78, 5) is 88.6. The van der Waals surface area contributed by atoms with Crippen LogP contribution in [0.25, 0.3) is 11.2 Å². The zero-order valence-electron chi connectivity index (χ0n) is 40.7. The largest absolute Gasteiger partial charge is 0.481 e. The smallest absolute Gasteiger partial charge is 0.386 e. The maximum Gasteiger partial charge on any atom is 0.481 e. The van der Waals surface area contributed by atoms with Crippen molar-refractivity contribution in [3.8, 4) is 0 Å². The van der Waals surface area contributed by atoms with Gasteiger partial charge in [-0.2, -0.15) is 4.31 Å². The monoisotopic (exact) mass is 1080 g/mol. The minimum Gasteiger partial charge on any atom is -0.386 e. The number of thioether (sulfide) groups is 1. The first kappa shape index (κ1) is 61.9. The van der Waals surface area contributed by atoms with E-state index in [9.17, 15) is 57.9 Å². The number of carbonyl (C=O) groups excluding carboxylic acids is 3. The Labute approximate surface area is 414 Å². The number of nitrogens with two attached hydrogens (primary N) is 1. The fraction of sp³-hybridized carbons (Fsp3) is 0.810. The van der Waals surface area contributed by atoms with Gasteiger partial charge in [-0.15, -0.1) is 0 Å². The van der Waals surface area contributed by atoms with Gasteiger partial charge in [0.1, 0.15) is 36.3 Å². The third kappa shape index (κ3) is 23.2. The van der Waals surface area contributed by atoms with Crippen molar-refractivity contribution < 1.29 is 80.5 Å². The standard InChI is InChI=1S/C42H76N7O17P3S/c1-5-6-7-8-9-10-11-12-13-14-15-16-17-19-30(2)20-18-21-33(51)70-25-24-44-32(50)22-23-45-40(54)37(53)42(3,4)27-63-69(60,61)66-68(58,59)62-26-31-36(65-67(55,56)57)35(52)41(64-31)49-29-48-34-38(43)46-28-47-39(34)49/h28-31,35-37,41,52-53H,5-27H2,1-4H3,(H,44,50)(H,45,54)(H,58,59)(H,60,61)(H2,43,46,47)(H2,55,56,57). The molecular formula is C42H76N7O17P3S. The number of rotatable bonds is 37. The van der Waals surface area contributed by atoms with Crippen molar-refractivity contribution in [3.05, 3.63) is 12.7 Å². The van der Waals surface area contributed by atoms with Crippen LogP contribution in [0.1, 0.15) is 149 Å². The van der Waals surface area contributed by atoms with Gasteiger partial charge in [-0.05, 0) is 12.3 Å². The Kier molecular flexibility index (Phi) is 27.1. The van der Waals surface area contributed by atoms with Crippen LogP contribution in [-0.2, 0) is 50.7 Å². The molecule has 1 aliphatic rings. The van der Waals surface area contributed by atoms with E-state index in [2.05, 4.69) is 48.3 Å². The maximum atomic E-state index is 12.8. The minimum atomic E-state index is -5.58. The zero-order chi connectivity index (χ0) is 52.0. The van der Waals surface area contributed by atoms with Crippen molar-refractivity contribution in [1.29, 1.82) is 0 Å². The average Bonchev–Trinajstić information content (AvgIpc) is 3.84. The van der Waals surface area contributed by atoms with Gasteiger partial charge in [0, 0.05) is 37.1 Å². The SMILES string of the molecule is CCCCCCCCCCCCCCCC(C)CCCC(=O)SCCNC(=O)CCNC(=O)C(O)C(C)(C)COP(=O)(O)OP(=O)(O)OCC1OC(n2cnc3c(N)ncnc32)C(O)C1OP(=O)(O)O. The molecule has 70 heavy (non-hydrogen) atoms. The summed E-state index contributed by atoms with van der Waals surface area (Å²) >= 11 is 1.16. The van der Waals surface area contributed by atoms with Crippen molar-refractivity contribution in [1.82, 2.24) is 30.2 Å². The first-order valence-electron chi connectivity index (χ1n) is 24.0. The number of amides is 2. The number of carbonyl (C=O) groups is 3. The molecule has 8 atom stereocenters. The number of aliphatic hydroxyl groups excluding tert-OH is 2. The summed E-state index contributed by atoms with van der Waals surface area (Å²) in [7, 11) is -16.4. The van der Waals surface area contributed by atoms with Crippen LogP contribution in [0, 0.1) is 11.3 Å². The molecule has 402 valence electrons. The molecule has 0 spiro atoms. The number of aliphatic hydroxyl groups is 2. The van der Waals surface area contributed by atoms with E-state index in [4.69, 9.17) is 19.5 Å². The fourth-order valence-corrected chi connectivity index (χ4v) is 11.2. The zero-order valence-corrected chi connectivity index (χ0v) is 44.2. The van der Waals surface area contributed by atoms with E-state index in [1.165, 1.54) is 104 Å². The summed E-state index contributed by atoms with van der Waals surface area (Å²) in [6.45, 7) is 5.07. The Hall–Kier alpha value is -2.44. The molecule has 0 bridgehead atoms. The highest BCUT2D eigenvalue weighted by molar-refractivity contribution is 8.13. The van der Waals surface area contributed by atoms with Crippen molar-refractivity contribution >= 4 is 69.1 Å². The second-order valence-electron chi connectivity index (χ2n) is 18.3. The Bertz CT molecular complexity index is 2070. The number of nitrogens with one attached hydrogen (secondary N) is 2. The van der Waals surface area contributed by atoms with Gasteiger partial charge in [-0.25, -0.2) is 28.6 Å². The second-order valence-corrected chi connectivity index (χ2v) is 23.7. The Balaban J connectivity index is 1.28. The minimum absolute atomic E-state index is 0.0340. The summed E-state index contributed by atoms with van der Waals surface area (Å²) < 4.78 is 62.5. The molecule has 0 radical (unpaired) electrons. The molecule has 3 heterocycles. The lowest BCUT2D eigenvalue weighted by molar-refractivity contribution is -0.137. The van der Waals surface area contributed by atoms with Crippen molar-refractivity contribution in [2.24, 2.45) is 11.3 Å². The molecule has 3 rings (SSSR count). The number of hydrogen-bond donors (Lipinski definition) is 9. The molecule has 24 nitrogen and oxygen atoms in total. The summed E-state index contributed by atoms with van der Waals surface area (Å²) in [6, 6.07) is 0. The number of unbranched alkanes of at least 4 members (excludes halogenated alkanes) is 12. The topological polar surface area (TPSA) is 364 Å². The third-order valence-electron chi connectivity index (χ3n) is 11.6. The number of aromatic nitrogens is 4. The predicted molar refractivity (Wildman–Crippen MR) is 260 cm³/mol. The first-order valence-corrected chi connectivity index (χ1v) is 29.5. The first-order chi connectivity index (χ1) is 32.9. The maximum absolute atomic E-state index is 12.8. The van der Waals surface area contributed by atoms with Gasteiger partial charge in [0.2, 0.25) is 11.8 Å². The van der Waals surface area contributed by atoms with Gasteiger partial charge in [0.15, 0.2) is 22.8 Å². The van der Waals surface area contributed by atoms with E-state index < -0.39 is 84.6 Å². The van der Waals surface area contributed by atoms with Crippen molar-refractivity contribution in [3.63, 3.8) is 0 Å². The molecule has 2 aromatic heterocycles. The van der Waals surface area contributed by atoms with E-state index in [0.717, 1.165) is 41.8 Å². The van der Waals surface area contributed by atoms with E-state index in [1.54, 1.807) is 0 Å². The van der Waals surface area contributed by atoms with Crippen LogP contribution in [0.4, 0.5) is 5.82 Å². The van der Waals surface area contributed by atoms with Crippen LogP contribution < -0.4 is 16.4 Å². The van der Waals surface area contributed by atoms with Crippen LogP contribution in [0.5, 0.6) is 0 Å². The molecule has 8 unspecified atom stereocenters. The highest BCUT2D eigenvalue weighted by atomic mass is 32.2. The lowest BCUT2D eigenvalue weighted by atomic mass is 9.87. The highest BCUT2D eigenvalue weighted by Crippen LogP contribution is 2.61. The lowest BCUT2D eigenvalue weighted by Crippen LogP contribution is -2.46. The van der Waals surface area contributed by atoms with Crippen LogP contribution in [0.2, 0.25) is 0 Å². The summed E-state index contributed by atoms with van der Waals surface area (Å²) in [6.07, 6.45) is 13.9. The van der Waals surface area contributed by atoms with Gasteiger partial charge in [-0.3, -0.25) is 32.5 Å². The Morgan fingerprint density at radius 1 is 0.857 bits per heavy atom. The summed E-state index contributed by atoms with van der Waals surface area (Å²) in [5.74, 6) is -0.444. The number of phosphoric ester groups is 3. The molecule has 0 saturated carbocycles. The fourth-order valence-electron chi connectivity index (χ4n) is 7.62. The third-order valence-corrected chi connectivity index (χ3v) is 15.7. The molecule has 2 amide bonds.